The molecule has 0 heterocycles. The molecule has 0 atom stereocenters. The van der Waals surface area contributed by atoms with Crippen molar-refractivity contribution in [1.82, 2.24) is 4.90 Å². The van der Waals surface area contributed by atoms with E-state index in [-0.39, 0.29) is 0 Å². The van der Waals surface area contributed by atoms with E-state index in [9.17, 15) is 0 Å². The first kappa shape index (κ1) is 14.1. The van der Waals surface area contributed by atoms with Gasteiger partial charge in [-0.05, 0) is 31.3 Å². The summed E-state index contributed by atoms with van der Waals surface area (Å²) in [5.41, 5.74) is 0.951. The van der Waals surface area contributed by atoms with Gasteiger partial charge in [0.05, 0.1) is 12.8 Å². The van der Waals surface area contributed by atoms with Crippen LogP contribution < -0.4 is 10.1 Å². The van der Waals surface area contributed by atoms with Crippen LogP contribution in [0.3, 0.4) is 0 Å². The van der Waals surface area contributed by atoms with Crippen molar-refractivity contribution >= 4 is 17.3 Å². The molecular formula is C13H21ClN2O. The molecule has 0 aliphatic heterocycles. The van der Waals surface area contributed by atoms with Crippen LogP contribution in [0.2, 0.25) is 5.02 Å². The van der Waals surface area contributed by atoms with Gasteiger partial charge in [-0.15, -0.1) is 0 Å². The monoisotopic (exact) mass is 256 g/mol. The van der Waals surface area contributed by atoms with Gasteiger partial charge in [-0.2, -0.15) is 0 Å². The maximum atomic E-state index is 5.96. The molecule has 0 unspecified atom stereocenters. The third-order valence-corrected chi connectivity index (χ3v) is 3.03. The molecule has 0 saturated heterocycles. The van der Waals surface area contributed by atoms with Crippen molar-refractivity contribution in [3.8, 4) is 5.75 Å². The van der Waals surface area contributed by atoms with E-state index in [2.05, 4.69) is 24.1 Å². The van der Waals surface area contributed by atoms with Crippen molar-refractivity contribution in [2.45, 2.75) is 13.8 Å². The van der Waals surface area contributed by atoms with E-state index in [1.807, 2.05) is 18.2 Å². The van der Waals surface area contributed by atoms with E-state index in [1.54, 1.807) is 7.11 Å². The summed E-state index contributed by atoms with van der Waals surface area (Å²) in [4.78, 5) is 2.37. The Bertz CT molecular complexity index is 340. The van der Waals surface area contributed by atoms with Crippen LogP contribution in [-0.4, -0.2) is 38.2 Å². The molecule has 96 valence electrons. The predicted molar refractivity (Wildman–Crippen MR) is 74.3 cm³/mol. The molecular weight excluding hydrogens is 236 g/mol. The molecule has 0 radical (unpaired) electrons. The number of methoxy groups -OCH3 is 1. The number of ether oxygens (including phenoxy) is 1. The first-order valence-electron chi connectivity index (χ1n) is 6.01. The third-order valence-electron chi connectivity index (χ3n) is 2.80. The number of anilines is 1. The van der Waals surface area contributed by atoms with Crippen molar-refractivity contribution in [3.63, 3.8) is 0 Å². The molecule has 0 spiro atoms. The fraction of sp³-hybridized carbons (Fsp3) is 0.538. The average molecular weight is 257 g/mol. The molecule has 0 bridgehead atoms. The van der Waals surface area contributed by atoms with Gasteiger partial charge in [-0.1, -0.05) is 25.4 Å². The summed E-state index contributed by atoms with van der Waals surface area (Å²) < 4.78 is 5.28. The van der Waals surface area contributed by atoms with E-state index in [4.69, 9.17) is 16.3 Å². The summed E-state index contributed by atoms with van der Waals surface area (Å²) in [6, 6.07) is 5.60. The van der Waals surface area contributed by atoms with E-state index < -0.39 is 0 Å². The Kier molecular flexibility index (Phi) is 6.16. The number of hydrogen-bond donors (Lipinski definition) is 1. The van der Waals surface area contributed by atoms with Crippen LogP contribution in [0.15, 0.2) is 18.2 Å². The van der Waals surface area contributed by atoms with Crippen molar-refractivity contribution in [1.29, 1.82) is 0 Å². The highest BCUT2D eigenvalue weighted by atomic mass is 35.5. The number of benzene rings is 1. The Morgan fingerprint density at radius 3 is 2.59 bits per heavy atom. The average Bonchev–Trinajstić information content (AvgIpc) is 2.35. The summed E-state index contributed by atoms with van der Waals surface area (Å²) in [5.74, 6) is 0.828. The molecule has 0 aromatic heterocycles. The molecule has 1 N–H and O–H groups in total. The fourth-order valence-corrected chi connectivity index (χ4v) is 1.88. The Labute approximate surface area is 109 Å². The largest absolute Gasteiger partial charge is 0.495 e. The maximum Gasteiger partial charge on any atom is 0.142 e. The highest BCUT2D eigenvalue weighted by Crippen LogP contribution is 2.27. The summed E-state index contributed by atoms with van der Waals surface area (Å²) in [5, 5.41) is 4.07. The van der Waals surface area contributed by atoms with Crippen LogP contribution in [0.1, 0.15) is 13.8 Å². The van der Waals surface area contributed by atoms with E-state index in [0.29, 0.717) is 0 Å². The second-order valence-electron chi connectivity index (χ2n) is 3.80. The molecule has 1 rings (SSSR count). The lowest BCUT2D eigenvalue weighted by molar-refractivity contribution is 0.316. The minimum atomic E-state index is 0.719. The zero-order valence-corrected chi connectivity index (χ0v) is 11.5. The highest BCUT2D eigenvalue weighted by Gasteiger charge is 2.04. The summed E-state index contributed by atoms with van der Waals surface area (Å²) >= 11 is 5.96. The maximum absolute atomic E-state index is 5.96. The van der Waals surface area contributed by atoms with Gasteiger partial charge in [0.15, 0.2) is 0 Å². The Morgan fingerprint density at radius 2 is 2.00 bits per heavy atom. The van der Waals surface area contributed by atoms with Gasteiger partial charge in [-0.3, -0.25) is 0 Å². The van der Waals surface area contributed by atoms with Crippen molar-refractivity contribution < 1.29 is 4.74 Å². The van der Waals surface area contributed by atoms with E-state index in [1.165, 1.54) is 0 Å². The topological polar surface area (TPSA) is 24.5 Å². The molecule has 4 heteroatoms. The summed E-state index contributed by atoms with van der Waals surface area (Å²) in [6.45, 7) is 8.39. The van der Waals surface area contributed by atoms with Crippen molar-refractivity contribution in [2.24, 2.45) is 0 Å². The van der Waals surface area contributed by atoms with Gasteiger partial charge in [0.2, 0.25) is 0 Å². The number of likely N-dealkylation sites (N-methyl/N-ethyl adjacent to an activating group) is 1. The van der Waals surface area contributed by atoms with Crippen LogP contribution in [0, 0.1) is 0 Å². The molecule has 0 amide bonds. The van der Waals surface area contributed by atoms with Crippen molar-refractivity contribution in [2.75, 3.05) is 38.6 Å². The van der Waals surface area contributed by atoms with E-state index >= 15 is 0 Å². The van der Waals surface area contributed by atoms with Crippen LogP contribution in [-0.2, 0) is 0 Å². The zero-order valence-electron chi connectivity index (χ0n) is 10.8. The lowest BCUT2D eigenvalue weighted by Gasteiger charge is -2.19. The Hall–Kier alpha value is -0.930. The number of nitrogens with one attached hydrogen (secondary N) is 1. The van der Waals surface area contributed by atoms with Gasteiger partial charge >= 0.3 is 0 Å². The molecule has 0 aliphatic carbocycles. The lowest BCUT2D eigenvalue weighted by Crippen LogP contribution is -2.28. The predicted octanol–water partition coefficient (Wildman–Crippen LogP) is 3.10. The van der Waals surface area contributed by atoms with E-state index in [0.717, 1.165) is 42.6 Å². The van der Waals surface area contributed by atoms with Crippen molar-refractivity contribution in [3.05, 3.63) is 23.2 Å². The quantitative estimate of drug-likeness (QED) is 0.811. The molecule has 1 aromatic carbocycles. The minimum absolute atomic E-state index is 0.719. The minimum Gasteiger partial charge on any atom is -0.495 e. The number of hydrogen-bond acceptors (Lipinski definition) is 3. The number of halogens is 1. The van der Waals surface area contributed by atoms with Gasteiger partial charge < -0.3 is 15.0 Å². The third kappa shape index (κ3) is 4.44. The second kappa shape index (κ2) is 7.41. The van der Waals surface area contributed by atoms with Crippen LogP contribution in [0.4, 0.5) is 5.69 Å². The lowest BCUT2D eigenvalue weighted by atomic mass is 10.3. The summed E-state index contributed by atoms with van der Waals surface area (Å²) in [6.07, 6.45) is 0. The fourth-order valence-electron chi connectivity index (χ4n) is 1.71. The summed E-state index contributed by atoms with van der Waals surface area (Å²) in [7, 11) is 1.67. The van der Waals surface area contributed by atoms with Gasteiger partial charge in [0.25, 0.3) is 0 Å². The standard InChI is InChI=1S/C13H21ClN2O/c1-4-16(5-2)9-8-15-12-10-11(14)6-7-13(12)17-3/h6-7,10,15H,4-5,8-9H2,1-3H3. The molecule has 0 saturated carbocycles. The van der Waals surface area contributed by atoms with Crippen LogP contribution in [0.25, 0.3) is 0 Å². The zero-order chi connectivity index (χ0) is 12.7. The number of nitrogens with zero attached hydrogens (tertiary/aromatic N) is 1. The normalized spacial score (nSPS) is 10.6. The number of rotatable bonds is 7. The molecule has 0 fully saturated rings. The SMILES string of the molecule is CCN(CC)CCNc1cc(Cl)ccc1OC. The molecule has 1 aromatic rings. The Balaban J connectivity index is 2.53. The smallest absolute Gasteiger partial charge is 0.142 e. The van der Waals surface area contributed by atoms with Gasteiger partial charge in [0, 0.05) is 18.1 Å². The molecule has 3 nitrogen and oxygen atoms in total. The van der Waals surface area contributed by atoms with Gasteiger partial charge in [-0.25, -0.2) is 0 Å². The first-order chi connectivity index (χ1) is 8.21. The Morgan fingerprint density at radius 1 is 1.29 bits per heavy atom. The molecule has 0 aliphatic rings. The first-order valence-corrected chi connectivity index (χ1v) is 6.38. The van der Waals surface area contributed by atoms with Crippen LogP contribution in [0.5, 0.6) is 5.75 Å². The molecule has 17 heavy (non-hydrogen) atoms. The second-order valence-corrected chi connectivity index (χ2v) is 4.23. The van der Waals surface area contributed by atoms with Crippen LogP contribution >= 0.6 is 11.6 Å². The van der Waals surface area contributed by atoms with Gasteiger partial charge in [0.1, 0.15) is 5.75 Å². The highest BCUT2D eigenvalue weighted by molar-refractivity contribution is 6.30.